The highest BCUT2D eigenvalue weighted by Crippen LogP contribution is 2.41. The van der Waals surface area contributed by atoms with Crippen molar-refractivity contribution in [2.75, 3.05) is 6.54 Å². The molecule has 2 saturated carbocycles. The molecule has 0 saturated heterocycles. The van der Waals surface area contributed by atoms with Crippen LogP contribution in [0.4, 0.5) is 0 Å². The van der Waals surface area contributed by atoms with E-state index in [0.29, 0.717) is 17.8 Å². The van der Waals surface area contributed by atoms with E-state index in [2.05, 4.69) is 10.2 Å². The molecule has 2 aliphatic rings. The van der Waals surface area contributed by atoms with Crippen molar-refractivity contribution in [2.24, 2.45) is 11.7 Å². The Morgan fingerprint density at radius 3 is 2.75 bits per heavy atom. The highest BCUT2D eigenvalue weighted by Gasteiger charge is 2.31. The molecule has 2 N–H and O–H groups in total. The van der Waals surface area contributed by atoms with Gasteiger partial charge in [0.2, 0.25) is 4.96 Å². The number of rotatable bonds is 3. The van der Waals surface area contributed by atoms with Crippen molar-refractivity contribution in [2.45, 2.75) is 56.8 Å². The fourth-order valence-electron chi connectivity index (χ4n) is 3.88. The van der Waals surface area contributed by atoms with Gasteiger partial charge in [0.25, 0.3) is 0 Å². The van der Waals surface area contributed by atoms with E-state index >= 15 is 0 Å². The van der Waals surface area contributed by atoms with Crippen LogP contribution in [0.1, 0.15) is 67.6 Å². The minimum Gasteiger partial charge on any atom is -0.330 e. The van der Waals surface area contributed by atoms with Gasteiger partial charge in [0, 0.05) is 11.8 Å². The average Bonchev–Trinajstić information content (AvgIpc) is 3.20. The average molecular weight is 291 g/mol. The molecule has 0 aromatic carbocycles. The first kappa shape index (κ1) is 12.7. The van der Waals surface area contributed by atoms with E-state index in [4.69, 9.17) is 10.8 Å². The Hall–Kier alpha value is -1.01. The second-order valence-electron chi connectivity index (χ2n) is 6.21. The van der Waals surface area contributed by atoms with Gasteiger partial charge in [-0.3, -0.25) is 0 Å². The summed E-state index contributed by atoms with van der Waals surface area (Å²) in [6.45, 7) is 0.778. The quantitative estimate of drug-likeness (QED) is 0.944. The van der Waals surface area contributed by atoms with Gasteiger partial charge in [-0.05, 0) is 38.1 Å². The molecule has 2 aromatic heterocycles. The smallest absolute Gasteiger partial charge is 0.234 e. The van der Waals surface area contributed by atoms with E-state index < -0.39 is 0 Å². The maximum absolute atomic E-state index is 5.90. The predicted molar refractivity (Wildman–Crippen MR) is 79.0 cm³/mol. The molecular formula is C14H21N5S. The molecule has 108 valence electrons. The molecular weight excluding hydrogens is 270 g/mol. The number of fused-ring (bicyclic) bond motifs is 1. The van der Waals surface area contributed by atoms with Crippen LogP contribution in [0.15, 0.2) is 0 Å². The summed E-state index contributed by atoms with van der Waals surface area (Å²) in [5.74, 6) is 2.80. The van der Waals surface area contributed by atoms with Crippen LogP contribution in [-0.2, 0) is 0 Å². The molecule has 0 amide bonds. The van der Waals surface area contributed by atoms with Crippen molar-refractivity contribution in [3.8, 4) is 0 Å². The molecule has 2 fully saturated rings. The molecule has 2 unspecified atom stereocenters. The first-order chi connectivity index (χ1) is 9.86. The first-order valence-electron chi connectivity index (χ1n) is 7.79. The van der Waals surface area contributed by atoms with Crippen molar-refractivity contribution in [1.29, 1.82) is 0 Å². The zero-order chi connectivity index (χ0) is 13.5. The summed E-state index contributed by atoms with van der Waals surface area (Å²) in [7, 11) is 0. The lowest BCUT2D eigenvalue weighted by molar-refractivity contribution is 0.489. The number of hydrogen-bond acceptors (Lipinski definition) is 5. The van der Waals surface area contributed by atoms with Crippen molar-refractivity contribution in [3.63, 3.8) is 0 Å². The molecule has 6 heteroatoms. The lowest BCUT2D eigenvalue weighted by atomic mass is 9.97. The summed E-state index contributed by atoms with van der Waals surface area (Å²) in [6, 6.07) is 0. The summed E-state index contributed by atoms with van der Waals surface area (Å²) < 4.78 is 2.02. The van der Waals surface area contributed by atoms with Gasteiger partial charge < -0.3 is 5.73 Å². The van der Waals surface area contributed by atoms with Crippen LogP contribution in [0, 0.1) is 5.92 Å². The van der Waals surface area contributed by atoms with E-state index in [9.17, 15) is 0 Å². The normalized spacial score (nSPS) is 27.9. The van der Waals surface area contributed by atoms with E-state index in [1.54, 1.807) is 11.3 Å². The zero-order valence-corrected chi connectivity index (χ0v) is 12.5. The largest absolute Gasteiger partial charge is 0.330 e. The Morgan fingerprint density at radius 1 is 1.10 bits per heavy atom. The van der Waals surface area contributed by atoms with Gasteiger partial charge in [-0.1, -0.05) is 30.6 Å². The second kappa shape index (κ2) is 5.07. The Balaban J connectivity index is 1.68. The number of nitrogens with zero attached hydrogens (tertiary/aromatic N) is 4. The molecule has 0 spiro atoms. The Morgan fingerprint density at radius 2 is 1.95 bits per heavy atom. The van der Waals surface area contributed by atoms with Crippen LogP contribution in [-0.4, -0.2) is 26.4 Å². The van der Waals surface area contributed by atoms with E-state index in [0.717, 1.165) is 17.3 Å². The zero-order valence-electron chi connectivity index (χ0n) is 11.7. The van der Waals surface area contributed by atoms with Crippen molar-refractivity contribution < 1.29 is 0 Å². The SMILES string of the molecule is NCC1CCCC1c1nn2c(C3CCCC3)nnc2s1. The Bertz CT molecular complexity index is 598. The van der Waals surface area contributed by atoms with Gasteiger partial charge in [0.15, 0.2) is 5.82 Å². The lowest BCUT2D eigenvalue weighted by Gasteiger charge is -2.14. The van der Waals surface area contributed by atoms with Crippen LogP contribution in [0.25, 0.3) is 4.96 Å². The van der Waals surface area contributed by atoms with E-state index in [-0.39, 0.29) is 0 Å². The van der Waals surface area contributed by atoms with Gasteiger partial charge in [-0.2, -0.15) is 9.61 Å². The standard InChI is InChI=1S/C14H21N5S/c15-8-10-6-3-7-11(10)13-18-19-12(9-4-1-2-5-9)16-17-14(19)20-13/h9-11H,1-8,15H2. The molecule has 4 rings (SSSR count). The van der Waals surface area contributed by atoms with E-state index in [1.165, 1.54) is 50.0 Å². The molecule has 0 bridgehead atoms. The Kier molecular flexibility index (Phi) is 3.22. The van der Waals surface area contributed by atoms with Gasteiger partial charge in [-0.25, -0.2) is 0 Å². The van der Waals surface area contributed by atoms with Gasteiger partial charge in [0.05, 0.1) is 0 Å². The predicted octanol–water partition coefficient (Wildman–Crippen LogP) is 2.69. The fraction of sp³-hybridized carbons (Fsp3) is 0.786. The molecule has 0 aliphatic heterocycles. The second-order valence-corrected chi connectivity index (χ2v) is 7.19. The summed E-state index contributed by atoms with van der Waals surface area (Å²) in [5, 5.41) is 14.8. The number of hydrogen-bond donors (Lipinski definition) is 1. The van der Waals surface area contributed by atoms with Crippen LogP contribution >= 0.6 is 11.3 Å². The van der Waals surface area contributed by atoms with Crippen LogP contribution in [0.2, 0.25) is 0 Å². The van der Waals surface area contributed by atoms with E-state index in [1.807, 2.05) is 4.52 Å². The van der Waals surface area contributed by atoms with Crippen molar-refractivity contribution >= 4 is 16.3 Å². The molecule has 5 nitrogen and oxygen atoms in total. The van der Waals surface area contributed by atoms with Gasteiger partial charge in [0.1, 0.15) is 5.01 Å². The third kappa shape index (κ3) is 1.97. The van der Waals surface area contributed by atoms with Gasteiger partial charge >= 0.3 is 0 Å². The summed E-state index contributed by atoms with van der Waals surface area (Å²) in [5.41, 5.74) is 5.90. The minimum absolute atomic E-state index is 0.545. The molecule has 2 heterocycles. The fourth-order valence-corrected chi connectivity index (χ4v) is 4.95. The highest BCUT2D eigenvalue weighted by atomic mass is 32.1. The monoisotopic (exact) mass is 291 g/mol. The third-order valence-corrected chi connectivity index (χ3v) is 6.06. The maximum Gasteiger partial charge on any atom is 0.234 e. The van der Waals surface area contributed by atoms with Crippen molar-refractivity contribution in [1.82, 2.24) is 19.8 Å². The summed E-state index contributed by atoms with van der Waals surface area (Å²) >= 11 is 1.72. The third-order valence-electron chi connectivity index (χ3n) is 5.03. The molecule has 0 radical (unpaired) electrons. The van der Waals surface area contributed by atoms with Crippen LogP contribution in [0.5, 0.6) is 0 Å². The molecule has 20 heavy (non-hydrogen) atoms. The lowest BCUT2D eigenvalue weighted by Crippen LogP contribution is -2.17. The molecule has 2 aromatic rings. The van der Waals surface area contributed by atoms with Gasteiger partial charge in [-0.15, -0.1) is 10.2 Å². The number of aromatic nitrogens is 4. The topological polar surface area (TPSA) is 69.1 Å². The maximum atomic E-state index is 5.90. The highest BCUT2D eigenvalue weighted by molar-refractivity contribution is 7.16. The molecule has 2 atom stereocenters. The van der Waals surface area contributed by atoms with Crippen LogP contribution < -0.4 is 5.73 Å². The summed E-state index contributed by atoms with van der Waals surface area (Å²) in [4.78, 5) is 0.963. The number of nitrogens with two attached hydrogens (primary N) is 1. The van der Waals surface area contributed by atoms with Crippen LogP contribution in [0.3, 0.4) is 0 Å². The van der Waals surface area contributed by atoms with Crippen molar-refractivity contribution in [3.05, 3.63) is 10.8 Å². The first-order valence-corrected chi connectivity index (χ1v) is 8.60. The molecule has 2 aliphatic carbocycles. The minimum atomic E-state index is 0.545. The Labute approximate surface area is 122 Å². The summed E-state index contributed by atoms with van der Waals surface area (Å²) in [6.07, 6.45) is 8.86.